The summed E-state index contributed by atoms with van der Waals surface area (Å²) in [6.45, 7) is 3.96. The zero-order valence-corrected chi connectivity index (χ0v) is 20.3. The Bertz CT molecular complexity index is 1240. The number of anilines is 2. The molecule has 11 heteroatoms. The lowest BCUT2D eigenvalue weighted by atomic mass is 10.1. The van der Waals surface area contributed by atoms with E-state index in [9.17, 15) is 22.8 Å². The van der Waals surface area contributed by atoms with Gasteiger partial charge in [-0.15, -0.1) is 0 Å². The van der Waals surface area contributed by atoms with Gasteiger partial charge in [0, 0.05) is 63.4 Å². The van der Waals surface area contributed by atoms with Gasteiger partial charge >= 0.3 is 6.18 Å². The van der Waals surface area contributed by atoms with Gasteiger partial charge in [0.15, 0.2) is 5.82 Å². The van der Waals surface area contributed by atoms with Crippen molar-refractivity contribution in [3.63, 3.8) is 0 Å². The third-order valence-electron chi connectivity index (χ3n) is 5.88. The van der Waals surface area contributed by atoms with Gasteiger partial charge in [0.2, 0.25) is 5.91 Å². The Hall–Kier alpha value is -4.15. The zero-order valence-electron chi connectivity index (χ0n) is 20.3. The van der Waals surface area contributed by atoms with E-state index < -0.39 is 17.6 Å². The summed E-state index contributed by atoms with van der Waals surface area (Å²) in [7, 11) is 0. The number of rotatable bonds is 7. The Balaban J connectivity index is 1.48. The number of alkyl halides is 3. The third kappa shape index (κ3) is 6.75. The van der Waals surface area contributed by atoms with Gasteiger partial charge in [-0.2, -0.15) is 13.2 Å². The Morgan fingerprint density at radius 3 is 2.32 bits per heavy atom. The van der Waals surface area contributed by atoms with E-state index in [0.717, 1.165) is 17.7 Å². The molecule has 2 N–H and O–H groups in total. The van der Waals surface area contributed by atoms with Crippen molar-refractivity contribution in [3.05, 3.63) is 71.8 Å². The molecule has 0 saturated carbocycles. The predicted octanol–water partition coefficient (Wildman–Crippen LogP) is 3.67. The molecule has 0 bridgehead atoms. The average Bonchev–Trinajstić information content (AvgIpc) is 2.90. The highest BCUT2D eigenvalue weighted by molar-refractivity contribution is 5.94. The van der Waals surface area contributed by atoms with E-state index in [-0.39, 0.29) is 11.5 Å². The molecule has 2 heterocycles. The zero-order chi connectivity index (χ0) is 26.4. The van der Waals surface area contributed by atoms with E-state index in [4.69, 9.17) is 4.98 Å². The van der Waals surface area contributed by atoms with Crippen molar-refractivity contribution in [2.24, 2.45) is 0 Å². The summed E-state index contributed by atoms with van der Waals surface area (Å²) in [5.41, 5.74) is 0.0138. The minimum Gasteiger partial charge on any atom is -0.368 e. The number of amides is 2. The SMILES string of the molecule is CC(=O)NCCNc1cc(N2CCN(C(=O)c3cccc(C(F)(F)F)c3)CC2)nc(-c2ccccc2)n1. The van der Waals surface area contributed by atoms with Gasteiger partial charge in [-0.05, 0) is 18.2 Å². The van der Waals surface area contributed by atoms with Gasteiger partial charge in [-0.25, -0.2) is 9.97 Å². The topological polar surface area (TPSA) is 90.5 Å². The van der Waals surface area contributed by atoms with Crippen LogP contribution in [0.5, 0.6) is 0 Å². The average molecular weight is 513 g/mol. The molecule has 1 saturated heterocycles. The number of carbonyl (C=O) groups is 2. The minimum absolute atomic E-state index is 0.0160. The Morgan fingerprint density at radius 1 is 0.919 bits per heavy atom. The number of carbonyl (C=O) groups excluding carboxylic acids is 2. The summed E-state index contributed by atoms with van der Waals surface area (Å²) in [4.78, 5) is 36.9. The maximum absolute atomic E-state index is 13.1. The largest absolute Gasteiger partial charge is 0.416 e. The maximum atomic E-state index is 13.1. The lowest BCUT2D eigenvalue weighted by Crippen LogP contribution is -2.49. The van der Waals surface area contributed by atoms with E-state index in [1.165, 1.54) is 19.1 Å². The van der Waals surface area contributed by atoms with Gasteiger partial charge in [0.05, 0.1) is 5.56 Å². The molecule has 37 heavy (non-hydrogen) atoms. The summed E-state index contributed by atoms with van der Waals surface area (Å²) in [6, 6.07) is 15.8. The Kier molecular flexibility index (Phi) is 7.90. The van der Waals surface area contributed by atoms with Crippen LogP contribution in [0, 0.1) is 0 Å². The van der Waals surface area contributed by atoms with Crippen molar-refractivity contribution in [3.8, 4) is 11.4 Å². The van der Waals surface area contributed by atoms with Crippen molar-refractivity contribution >= 4 is 23.5 Å². The van der Waals surface area contributed by atoms with E-state index in [2.05, 4.69) is 15.6 Å². The van der Waals surface area contributed by atoms with E-state index in [1.807, 2.05) is 41.3 Å². The van der Waals surface area contributed by atoms with Crippen LogP contribution in [0.4, 0.5) is 24.8 Å². The standard InChI is InChI=1S/C26H27F3N6O2/c1-18(36)30-10-11-31-22-17-23(33-24(32-22)19-6-3-2-4-7-19)34-12-14-35(15-13-34)25(37)20-8-5-9-21(16-20)26(27,28)29/h2-9,16-17H,10-15H2,1H3,(H,30,36)(H,31,32,33). The monoisotopic (exact) mass is 512 g/mol. The fraction of sp³-hybridized carbons (Fsp3) is 0.308. The molecule has 2 amide bonds. The highest BCUT2D eigenvalue weighted by Crippen LogP contribution is 2.30. The molecular formula is C26H27F3N6O2. The lowest BCUT2D eigenvalue weighted by Gasteiger charge is -2.35. The molecule has 8 nitrogen and oxygen atoms in total. The number of nitrogens with zero attached hydrogens (tertiary/aromatic N) is 4. The molecule has 0 unspecified atom stereocenters. The van der Waals surface area contributed by atoms with E-state index in [1.54, 1.807) is 4.90 Å². The fourth-order valence-corrected chi connectivity index (χ4v) is 3.98. The second-order valence-corrected chi connectivity index (χ2v) is 8.57. The molecule has 1 fully saturated rings. The molecule has 0 atom stereocenters. The molecule has 3 aromatic rings. The molecule has 2 aromatic carbocycles. The van der Waals surface area contributed by atoms with Gasteiger partial charge in [-0.1, -0.05) is 36.4 Å². The molecular weight excluding hydrogens is 485 g/mol. The highest BCUT2D eigenvalue weighted by Gasteiger charge is 2.32. The number of benzene rings is 2. The normalized spacial score (nSPS) is 13.8. The van der Waals surface area contributed by atoms with Crippen molar-refractivity contribution in [1.82, 2.24) is 20.2 Å². The van der Waals surface area contributed by atoms with E-state index in [0.29, 0.717) is 56.7 Å². The summed E-state index contributed by atoms with van der Waals surface area (Å²) in [5, 5.41) is 5.93. The highest BCUT2D eigenvalue weighted by atomic mass is 19.4. The molecule has 0 spiro atoms. The van der Waals surface area contributed by atoms with Gasteiger partial charge in [0.25, 0.3) is 5.91 Å². The summed E-state index contributed by atoms with van der Waals surface area (Å²) < 4.78 is 39.2. The van der Waals surface area contributed by atoms with Crippen LogP contribution in [-0.4, -0.2) is 66.0 Å². The molecule has 4 rings (SSSR count). The first-order valence-corrected chi connectivity index (χ1v) is 11.8. The first kappa shape index (κ1) is 25.9. The maximum Gasteiger partial charge on any atom is 0.416 e. The minimum atomic E-state index is -4.51. The second kappa shape index (κ2) is 11.3. The van der Waals surface area contributed by atoms with Crippen LogP contribution >= 0.6 is 0 Å². The van der Waals surface area contributed by atoms with Crippen molar-refractivity contribution in [1.29, 1.82) is 0 Å². The van der Waals surface area contributed by atoms with Gasteiger partial charge < -0.3 is 20.4 Å². The molecule has 1 aliphatic heterocycles. The van der Waals surface area contributed by atoms with Gasteiger partial charge in [-0.3, -0.25) is 9.59 Å². The molecule has 0 aliphatic carbocycles. The molecule has 1 aromatic heterocycles. The Morgan fingerprint density at radius 2 is 1.65 bits per heavy atom. The van der Waals surface area contributed by atoms with Crippen molar-refractivity contribution in [2.75, 3.05) is 49.5 Å². The number of halogens is 3. The lowest BCUT2D eigenvalue weighted by molar-refractivity contribution is -0.137. The summed E-state index contributed by atoms with van der Waals surface area (Å²) >= 11 is 0. The molecule has 0 radical (unpaired) electrons. The van der Waals surface area contributed by atoms with Crippen LogP contribution in [0.25, 0.3) is 11.4 Å². The molecule has 194 valence electrons. The van der Waals surface area contributed by atoms with Gasteiger partial charge in [0.1, 0.15) is 11.6 Å². The third-order valence-corrected chi connectivity index (χ3v) is 5.88. The van der Waals surface area contributed by atoms with Crippen molar-refractivity contribution in [2.45, 2.75) is 13.1 Å². The molecule has 1 aliphatic rings. The number of aromatic nitrogens is 2. The first-order valence-electron chi connectivity index (χ1n) is 11.8. The van der Waals surface area contributed by atoms with Crippen LogP contribution in [0.3, 0.4) is 0 Å². The van der Waals surface area contributed by atoms with Crippen LogP contribution in [-0.2, 0) is 11.0 Å². The summed E-state index contributed by atoms with van der Waals surface area (Å²) in [6.07, 6.45) is -4.51. The predicted molar refractivity (Wildman–Crippen MR) is 134 cm³/mol. The van der Waals surface area contributed by atoms with Crippen LogP contribution < -0.4 is 15.5 Å². The second-order valence-electron chi connectivity index (χ2n) is 8.57. The van der Waals surface area contributed by atoms with Crippen LogP contribution in [0.15, 0.2) is 60.7 Å². The fourth-order valence-electron chi connectivity index (χ4n) is 3.98. The number of hydrogen-bond acceptors (Lipinski definition) is 6. The number of piperazine rings is 1. The van der Waals surface area contributed by atoms with Crippen LogP contribution in [0.2, 0.25) is 0 Å². The Labute approximate surface area is 212 Å². The first-order chi connectivity index (χ1) is 17.7. The number of nitrogens with one attached hydrogen (secondary N) is 2. The summed E-state index contributed by atoms with van der Waals surface area (Å²) in [5.74, 6) is 1.24. The number of hydrogen-bond donors (Lipinski definition) is 2. The van der Waals surface area contributed by atoms with E-state index >= 15 is 0 Å². The van der Waals surface area contributed by atoms with Crippen LogP contribution in [0.1, 0.15) is 22.8 Å². The quantitative estimate of drug-likeness (QED) is 0.470. The smallest absolute Gasteiger partial charge is 0.368 e. The van der Waals surface area contributed by atoms with Crippen molar-refractivity contribution < 1.29 is 22.8 Å².